The number of methoxy groups -OCH3 is 1. The van der Waals surface area contributed by atoms with Crippen molar-refractivity contribution < 1.29 is 41.9 Å². The van der Waals surface area contributed by atoms with Crippen LogP contribution in [0.1, 0.15) is 33.1 Å². The van der Waals surface area contributed by atoms with Gasteiger partial charge in [-0.1, -0.05) is 11.6 Å². The van der Waals surface area contributed by atoms with Crippen molar-refractivity contribution in [3.05, 3.63) is 71.0 Å². The van der Waals surface area contributed by atoms with Crippen molar-refractivity contribution in [1.82, 2.24) is 34.5 Å². The molecule has 2 aliphatic rings. The van der Waals surface area contributed by atoms with Crippen molar-refractivity contribution in [2.24, 2.45) is 5.92 Å². The van der Waals surface area contributed by atoms with Gasteiger partial charge in [0.2, 0.25) is 5.91 Å². The van der Waals surface area contributed by atoms with Crippen molar-refractivity contribution in [2.45, 2.75) is 18.7 Å². The molecule has 14 nitrogen and oxygen atoms in total. The van der Waals surface area contributed by atoms with Crippen LogP contribution in [0.15, 0.2) is 48.9 Å². The third-order valence-corrected chi connectivity index (χ3v) is 9.41. The lowest BCUT2D eigenvalue weighted by Crippen LogP contribution is -2.58. The van der Waals surface area contributed by atoms with E-state index in [9.17, 15) is 32.7 Å². The van der Waals surface area contributed by atoms with Gasteiger partial charge in [-0.2, -0.15) is 18.3 Å². The van der Waals surface area contributed by atoms with Crippen LogP contribution >= 0.6 is 11.6 Å². The van der Waals surface area contributed by atoms with Gasteiger partial charge in [0.25, 0.3) is 11.8 Å². The van der Waals surface area contributed by atoms with Gasteiger partial charge in [-0.15, -0.1) is 0 Å². The van der Waals surface area contributed by atoms with Crippen molar-refractivity contribution >= 4 is 35.0 Å². The largest absolute Gasteiger partial charge is 0.495 e. The van der Waals surface area contributed by atoms with Crippen LogP contribution in [0.5, 0.6) is 5.75 Å². The Labute approximate surface area is 295 Å². The number of rotatable bonds is 7. The van der Waals surface area contributed by atoms with Crippen molar-refractivity contribution in [2.75, 3.05) is 65.8 Å². The van der Waals surface area contributed by atoms with Gasteiger partial charge < -0.3 is 34.4 Å². The molecule has 2 saturated heterocycles. The number of hydrogen-bond donors (Lipinski definition) is 3. The summed E-state index contributed by atoms with van der Waals surface area (Å²) < 4.78 is 48.5. The van der Waals surface area contributed by atoms with Crippen LogP contribution in [0.3, 0.4) is 0 Å². The van der Waals surface area contributed by atoms with Gasteiger partial charge in [0.15, 0.2) is 17.3 Å². The van der Waals surface area contributed by atoms with E-state index >= 15 is 0 Å². The minimum atomic E-state index is -4.82. The quantitative estimate of drug-likeness (QED) is 0.245. The lowest BCUT2D eigenvalue weighted by Gasteiger charge is -2.42. The third-order valence-electron chi connectivity index (χ3n) is 9.10. The van der Waals surface area contributed by atoms with Crippen LogP contribution in [-0.2, 0) is 11.0 Å². The standard InChI is InChI=1S/C33H35ClF3N9O5/c1-46(2)13-8-22(26(47)18-46)32(50)44-11-9-43(10-12-44)31(49)21-6-4-19(14-24(21)34)40-30(48)29-39-16-25(41-29)23-17-45(42-28(23)33(35,36)37)27-7-5-20(51-3)15-38-27/h4-7,14-17,22,26,47H,8-13,18H2,1-3H3,(H-,39,40,41,48,49)/p+1/t22-,26-/m1/s1. The molecular formula is C33H36ClF3N9O5+. The first kappa shape index (κ1) is 35.8. The SMILES string of the molecule is COc1ccc(-n2cc(-c3cnc(C(=O)Nc4ccc(C(=O)N5CCN(C(=O)[C@@H]6CC[N+](C)(C)C[C@H]6O)CC5)c(Cl)c4)[nH]3)c(C(F)(F)F)n2)nc1. The van der Waals surface area contributed by atoms with Crippen LogP contribution in [0.25, 0.3) is 17.1 Å². The molecule has 4 aromatic rings. The maximum absolute atomic E-state index is 13.9. The second-order valence-corrected chi connectivity index (χ2v) is 13.5. The number of likely N-dealkylation sites (N-methyl/N-ethyl adjacent to an activating group) is 1. The molecule has 1 aromatic carbocycles. The number of ether oxygens (including phenoxy) is 1. The normalized spacial score (nSPS) is 19.1. The molecule has 0 aliphatic carbocycles. The Morgan fingerprint density at radius 1 is 1.06 bits per heavy atom. The number of aliphatic hydroxyl groups is 1. The molecule has 5 heterocycles. The van der Waals surface area contributed by atoms with E-state index in [4.69, 9.17) is 16.3 Å². The Balaban J connectivity index is 1.09. The fourth-order valence-electron chi connectivity index (χ4n) is 6.29. The summed E-state index contributed by atoms with van der Waals surface area (Å²) in [7, 11) is 5.48. The number of aromatic nitrogens is 5. The molecule has 2 aliphatic heterocycles. The number of alkyl halides is 3. The van der Waals surface area contributed by atoms with E-state index in [1.165, 1.54) is 43.6 Å². The number of nitrogens with zero attached hydrogens (tertiary/aromatic N) is 7. The van der Waals surface area contributed by atoms with Gasteiger partial charge in [0.1, 0.15) is 18.4 Å². The van der Waals surface area contributed by atoms with Gasteiger partial charge in [-0.25, -0.2) is 14.6 Å². The molecule has 0 spiro atoms. The average molecular weight is 731 g/mol. The van der Waals surface area contributed by atoms with E-state index in [1.54, 1.807) is 9.80 Å². The predicted octanol–water partition coefficient (Wildman–Crippen LogP) is 3.33. The summed E-state index contributed by atoms with van der Waals surface area (Å²) in [6.45, 7) is 2.53. The first-order valence-corrected chi connectivity index (χ1v) is 16.4. The zero-order valence-corrected chi connectivity index (χ0v) is 28.7. The fourth-order valence-corrected chi connectivity index (χ4v) is 6.55. The zero-order chi connectivity index (χ0) is 36.7. The monoisotopic (exact) mass is 730 g/mol. The number of aromatic amines is 1. The van der Waals surface area contributed by atoms with Crippen molar-refractivity contribution in [1.29, 1.82) is 0 Å². The van der Waals surface area contributed by atoms with Gasteiger partial charge in [0.05, 0.1) is 67.9 Å². The number of amides is 3. The van der Waals surface area contributed by atoms with E-state index in [0.717, 1.165) is 23.6 Å². The van der Waals surface area contributed by atoms with E-state index in [-0.39, 0.29) is 64.1 Å². The molecule has 6 rings (SSSR count). The number of carbonyl (C=O) groups excluding carboxylic acids is 3. The number of H-pyrrole nitrogens is 1. The van der Waals surface area contributed by atoms with Crippen LogP contribution < -0.4 is 10.1 Å². The summed E-state index contributed by atoms with van der Waals surface area (Å²) in [5, 5.41) is 16.9. The number of piperidine rings is 1. The number of nitrogens with one attached hydrogen (secondary N) is 2. The number of anilines is 1. The molecule has 0 saturated carbocycles. The summed E-state index contributed by atoms with van der Waals surface area (Å²) in [6, 6.07) is 7.29. The minimum absolute atomic E-state index is 0.0666. The minimum Gasteiger partial charge on any atom is -0.495 e. The summed E-state index contributed by atoms with van der Waals surface area (Å²) in [5.74, 6) is -1.41. The van der Waals surface area contributed by atoms with Crippen LogP contribution in [0.4, 0.5) is 18.9 Å². The summed E-state index contributed by atoms with van der Waals surface area (Å²) >= 11 is 6.46. The average Bonchev–Trinajstić information content (AvgIpc) is 3.76. The highest BCUT2D eigenvalue weighted by Gasteiger charge is 2.41. The molecule has 0 bridgehead atoms. The first-order chi connectivity index (χ1) is 24.1. The topological polar surface area (TPSA) is 159 Å². The van der Waals surface area contributed by atoms with E-state index in [1.807, 2.05) is 14.1 Å². The maximum Gasteiger partial charge on any atom is 0.435 e. The third kappa shape index (κ3) is 7.69. The molecule has 3 N–H and O–H groups in total. The van der Waals surface area contributed by atoms with Gasteiger partial charge in [0, 0.05) is 44.5 Å². The van der Waals surface area contributed by atoms with Crippen LogP contribution in [0, 0.1) is 5.92 Å². The molecular weight excluding hydrogens is 695 g/mol. The molecule has 3 aromatic heterocycles. The van der Waals surface area contributed by atoms with Gasteiger partial charge >= 0.3 is 6.18 Å². The second kappa shape index (κ2) is 14.0. The van der Waals surface area contributed by atoms with E-state index < -0.39 is 29.8 Å². The number of benzene rings is 1. The number of quaternary nitrogens is 1. The second-order valence-electron chi connectivity index (χ2n) is 13.1. The first-order valence-electron chi connectivity index (χ1n) is 16.1. The highest BCUT2D eigenvalue weighted by Crippen LogP contribution is 2.36. The number of imidazole rings is 1. The molecule has 0 unspecified atom stereocenters. The summed E-state index contributed by atoms with van der Waals surface area (Å²) in [6.07, 6.45) is -1.39. The molecule has 2 atom stereocenters. The number of halogens is 4. The maximum atomic E-state index is 13.9. The van der Waals surface area contributed by atoms with E-state index in [2.05, 4.69) is 25.4 Å². The number of pyridine rings is 1. The van der Waals surface area contributed by atoms with Crippen LogP contribution in [-0.4, -0.2) is 128 Å². The Morgan fingerprint density at radius 2 is 1.78 bits per heavy atom. The Bertz CT molecular complexity index is 1940. The van der Waals surface area contributed by atoms with Gasteiger partial charge in [-0.3, -0.25) is 14.4 Å². The number of carbonyl (C=O) groups is 3. The molecule has 51 heavy (non-hydrogen) atoms. The Morgan fingerprint density at radius 3 is 2.41 bits per heavy atom. The number of aliphatic hydroxyl groups excluding tert-OH is 1. The summed E-state index contributed by atoms with van der Waals surface area (Å²) in [4.78, 5) is 53.4. The van der Waals surface area contributed by atoms with Gasteiger partial charge in [-0.05, 0) is 30.3 Å². The number of piperazine rings is 1. The smallest absolute Gasteiger partial charge is 0.435 e. The van der Waals surface area contributed by atoms with Crippen molar-refractivity contribution in [3.63, 3.8) is 0 Å². The lowest BCUT2D eigenvalue weighted by molar-refractivity contribution is -0.899. The predicted molar refractivity (Wildman–Crippen MR) is 178 cm³/mol. The van der Waals surface area contributed by atoms with E-state index in [0.29, 0.717) is 36.3 Å². The zero-order valence-electron chi connectivity index (χ0n) is 27.9. The molecule has 2 fully saturated rings. The Hall–Kier alpha value is -5.00. The highest BCUT2D eigenvalue weighted by atomic mass is 35.5. The summed E-state index contributed by atoms with van der Waals surface area (Å²) in [5.41, 5.74) is -1.25. The number of likely N-dealkylation sites (tertiary alicyclic amines) is 1. The Kier molecular flexibility index (Phi) is 9.80. The van der Waals surface area contributed by atoms with Crippen molar-refractivity contribution in [3.8, 4) is 22.8 Å². The molecule has 18 heteroatoms. The molecule has 270 valence electrons. The number of hydrogen-bond acceptors (Lipinski definition) is 8. The fraction of sp³-hybridized carbons (Fsp3) is 0.394. The molecule has 3 amide bonds. The lowest BCUT2D eigenvalue weighted by atomic mass is 9.91. The van der Waals surface area contributed by atoms with Crippen LogP contribution in [0.2, 0.25) is 5.02 Å². The molecule has 0 radical (unpaired) electrons. The highest BCUT2D eigenvalue weighted by molar-refractivity contribution is 6.34.